The van der Waals surface area contributed by atoms with E-state index in [0.717, 1.165) is 37.4 Å². The lowest BCUT2D eigenvalue weighted by molar-refractivity contribution is 0.313. The number of benzene rings is 1. The minimum atomic E-state index is 0.348. The number of rotatable bonds is 3. The molecule has 4 nitrogen and oxygen atoms in total. The van der Waals surface area contributed by atoms with E-state index in [0.29, 0.717) is 6.04 Å². The highest BCUT2D eigenvalue weighted by Gasteiger charge is 2.20. The Morgan fingerprint density at radius 3 is 3.26 bits per heavy atom. The van der Waals surface area contributed by atoms with E-state index < -0.39 is 0 Å². The molecule has 100 valence electrons. The Morgan fingerprint density at radius 2 is 2.42 bits per heavy atom. The number of hydrogen-bond donors (Lipinski definition) is 2. The quantitative estimate of drug-likeness (QED) is 0.889. The fourth-order valence-electron chi connectivity index (χ4n) is 2.59. The number of aromatic amines is 1. The second-order valence-electron chi connectivity index (χ2n) is 4.99. The van der Waals surface area contributed by atoms with Gasteiger partial charge in [-0.2, -0.15) is 0 Å². The number of aromatic nitrogens is 2. The van der Waals surface area contributed by atoms with Gasteiger partial charge in [0.05, 0.1) is 12.9 Å². The topological polar surface area (TPSA) is 49.9 Å². The first kappa shape index (κ1) is 12.2. The minimum Gasteiger partial charge on any atom is -0.493 e. The van der Waals surface area contributed by atoms with Gasteiger partial charge in [-0.15, -0.1) is 0 Å². The van der Waals surface area contributed by atoms with Gasteiger partial charge >= 0.3 is 0 Å². The second-order valence-corrected chi connectivity index (χ2v) is 4.99. The van der Waals surface area contributed by atoms with E-state index in [4.69, 9.17) is 4.74 Å². The summed E-state index contributed by atoms with van der Waals surface area (Å²) in [5, 5.41) is 3.60. The summed E-state index contributed by atoms with van der Waals surface area (Å²) in [6.07, 6.45) is 5.75. The van der Waals surface area contributed by atoms with Crippen molar-refractivity contribution in [2.24, 2.45) is 0 Å². The van der Waals surface area contributed by atoms with Gasteiger partial charge in [-0.3, -0.25) is 0 Å². The first-order chi connectivity index (χ1) is 9.34. The molecule has 0 amide bonds. The van der Waals surface area contributed by atoms with Crippen LogP contribution < -0.4 is 10.1 Å². The van der Waals surface area contributed by atoms with Crippen LogP contribution in [0.1, 0.15) is 35.7 Å². The molecule has 3 rings (SSSR count). The molecule has 19 heavy (non-hydrogen) atoms. The number of nitrogens with zero attached hydrogens (tertiary/aromatic N) is 1. The van der Waals surface area contributed by atoms with Crippen LogP contribution in [0.15, 0.2) is 30.7 Å². The van der Waals surface area contributed by atoms with Crippen LogP contribution in [0, 0.1) is 6.92 Å². The van der Waals surface area contributed by atoms with Crippen LogP contribution in [-0.2, 0) is 6.54 Å². The first-order valence-corrected chi connectivity index (χ1v) is 6.77. The number of H-pyrrole nitrogens is 1. The third kappa shape index (κ3) is 2.63. The Balaban J connectivity index is 1.80. The number of para-hydroxylation sites is 1. The van der Waals surface area contributed by atoms with E-state index >= 15 is 0 Å². The third-order valence-corrected chi connectivity index (χ3v) is 3.60. The number of nitrogens with one attached hydrogen (secondary N) is 2. The highest BCUT2D eigenvalue weighted by Crippen LogP contribution is 2.34. The smallest absolute Gasteiger partial charge is 0.126 e. The van der Waals surface area contributed by atoms with Crippen molar-refractivity contribution in [1.29, 1.82) is 0 Å². The highest BCUT2D eigenvalue weighted by molar-refractivity contribution is 5.43. The molecule has 4 heteroatoms. The fraction of sp³-hybridized carbons (Fsp3) is 0.400. The van der Waals surface area contributed by atoms with Crippen molar-refractivity contribution < 1.29 is 4.74 Å². The lowest BCUT2D eigenvalue weighted by Gasteiger charge is -2.19. The van der Waals surface area contributed by atoms with Gasteiger partial charge in [0.1, 0.15) is 5.75 Å². The SMILES string of the molecule is Cc1cccc2c1OCCCC2NCc1cnc[nH]1. The summed E-state index contributed by atoms with van der Waals surface area (Å²) < 4.78 is 5.89. The Hall–Kier alpha value is -1.81. The van der Waals surface area contributed by atoms with E-state index in [2.05, 4.69) is 40.4 Å². The largest absolute Gasteiger partial charge is 0.493 e. The molecule has 1 aliphatic rings. The monoisotopic (exact) mass is 257 g/mol. The first-order valence-electron chi connectivity index (χ1n) is 6.77. The van der Waals surface area contributed by atoms with Gasteiger partial charge in [0.15, 0.2) is 0 Å². The van der Waals surface area contributed by atoms with Gasteiger partial charge in [-0.05, 0) is 25.3 Å². The summed E-state index contributed by atoms with van der Waals surface area (Å²) in [6, 6.07) is 6.72. The van der Waals surface area contributed by atoms with Crippen molar-refractivity contribution in [1.82, 2.24) is 15.3 Å². The van der Waals surface area contributed by atoms with Crippen molar-refractivity contribution in [2.75, 3.05) is 6.61 Å². The van der Waals surface area contributed by atoms with Crippen LogP contribution >= 0.6 is 0 Å². The summed E-state index contributed by atoms with van der Waals surface area (Å²) >= 11 is 0. The van der Waals surface area contributed by atoms with Crippen LogP contribution in [0.4, 0.5) is 0 Å². The minimum absolute atomic E-state index is 0.348. The molecule has 0 aliphatic carbocycles. The molecule has 2 N–H and O–H groups in total. The standard InChI is InChI=1S/C15H19N3O/c1-11-4-2-5-13-14(6-3-7-19-15(11)13)17-9-12-8-16-10-18-12/h2,4-5,8,10,14,17H,3,6-7,9H2,1H3,(H,16,18). The summed E-state index contributed by atoms with van der Waals surface area (Å²) in [7, 11) is 0. The van der Waals surface area contributed by atoms with Gasteiger partial charge in [0.25, 0.3) is 0 Å². The molecule has 1 aromatic carbocycles. The van der Waals surface area contributed by atoms with Crippen LogP contribution in [0.5, 0.6) is 5.75 Å². The Labute approximate surface area is 113 Å². The van der Waals surface area contributed by atoms with E-state index in [1.807, 2.05) is 6.20 Å². The average Bonchev–Trinajstić information content (AvgIpc) is 2.84. The molecule has 0 radical (unpaired) electrons. The average molecular weight is 257 g/mol. The Bertz CT molecular complexity index is 536. The molecule has 0 bridgehead atoms. The summed E-state index contributed by atoms with van der Waals surface area (Å²) in [5.74, 6) is 1.06. The van der Waals surface area contributed by atoms with E-state index in [-0.39, 0.29) is 0 Å². The molecule has 0 fully saturated rings. The molecule has 1 unspecified atom stereocenters. The van der Waals surface area contributed by atoms with Gasteiger partial charge in [0, 0.05) is 30.0 Å². The lowest BCUT2D eigenvalue weighted by atomic mass is 10.00. The predicted molar refractivity (Wildman–Crippen MR) is 74.1 cm³/mol. The van der Waals surface area contributed by atoms with E-state index in [9.17, 15) is 0 Å². The maximum absolute atomic E-state index is 5.89. The van der Waals surface area contributed by atoms with Gasteiger partial charge in [-0.25, -0.2) is 4.98 Å². The third-order valence-electron chi connectivity index (χ3n) is 3.60. The second kappa shape index (κ2) is 5.45. The van der Waals surface area contributed by atoms with Gasteiger partial charge < -0.3 is 15.0 Å². The Morgan fingerprint density at radius 1 is 1.47 bits per heavy atom. The van der Waals surface area contributed by atoms with Crippen molar-refractivity contribution >= 4 is 0 Å². The lowest BCUT2D eigenvalue weighted by Crippen LogP contribution is -2.20. The number of hydrogen-bond acceptors (Lipinski definition) is 3. The molecule has 2 heterocycles. The van der Waals surface area contributed by atoms with Crippen LogP contribution in [0.3, 0.4) is 0 Å². The maximum atomic E-state index is 5.89. The molecular weight excluding hydrogens is 238 g/mol. The zero-order chi connectivity index (χ0) is 13.1. The molecule has 0 spiro atoms. The molecule has 2 aromatic rings. The number of aryl methyl sites for hydroxylation is 1. The number of imidazole rings is 1. The van der Waals surface area contributed by atoms with Crippen LogP contribution in [-0.4, -0.2) is 16.6 Å². The van der Waals surface area contributed by atoms with Crippen LogP contribution in [0.2, 0.25) is 0 Å². The van der Waals surface area contributed by atoms with Crippen molar-refractivity contribution in [2.45, 2.75) is 32.4 Å². The summed E-state index contributed by atoms with van der Waals surface area (Å²) in [6.45, 7) is 3.72. The van der Waals surface area contributed by atoms with E-state index in [1.54, 1.807) is 6.33 Å². The van der Waals surface area contributed by atoms with Gasteiger partial charge in [-0.1, -0.05) is 18.2 Å². The molecule has 0 saturated carbocycles. The molecule has 1 atom stereocenters. The molecule has 1 aromatic heterocycles. The van der Waals surface area contributed by atoms with Crippen molar-refractivity contribution in [3.05, 3.63) is 47.5 Å². The maximum Gasteiger partial charge on any atom is 0.126 e. The predicted octanol–water partition coefficient (Wildman–Crippen LogP) is 2.72. The number of fused-ring (bicyclic) bond motifs is 1. The fourth-order valence-corrected chi connectivity index (χ4v) is 2.59. The Kier molecular flexibility index (Phi) is 3.51. The number of ether oxygens (including phenoxy) is 1. The zero-order valence-corrected chi connectivity index (χ0v) is 11.1. The summed E-state index contributed by atoms with van der Waals surface area (Å²) in [5.41, 5.74) is 3.60. The van der Waals surface area contributed by atoms with Crippen LogP contribution in [0.25, 0.3) is 0 Å². The van der Waals surface area contributed by atoms with Gasteiger partial charge in [0.2, 0.25) is 0 Å². The normalized spacial score (nSPS) is 18.5. The highest BCUT2D eigenvalue weighted by atomic mass is 16.5. The molecule has 1 aliphatic heterocycles. The van der Waals surface area contributed by atoms with Crippen molar-refractivity contribution in [3.63, 3.8) is 0 Å². The zero-order valence-electron chi connectivity index (χ0n) is 11.1. The van der Waals surface area contributed by atoms with Crippen molar-refractivity contribution in [3.8, 4) is 5.75 Å². The molecular formula is C15H19N3O. The van der Waals surface area contributed by atoms with E-state index in [1.165, 1.54) is 11.1 Å². The summed E-state index contributed by atoms with van der Waals surface area (Å²) in [4.78, 5) is 7.17. The molecule has 0 saturated heterocycles.